The average Bonchev–Trinajstić information content (AvgIpc) is 3.16. The van der Waals surface area contributed by atoms with Crippen LogP contribution >= 0.6 is 11.3 Å². The Morgan fingerprint density at radius 1 is 1.16 bits per heavy atom. The largest absolute Gasteiger partial charge is 0.378 e. The van der Waals surface area contributed by atoms with Gasteiger partial charge in [-0.3, -0.25) is 9.59 Å². The molecule has 2 aromatic rings. The number of nitrogens with zero attached hydrogens (tertiary/aromatic N) is 2. The van der Waals surface area contributed by atoms with Crippen molar-refractivity contribution in [2.24, 2.45) is 0 Å². The molecule has 1 atom stereocenters. The van der Waals surface area contributed by atoms with E-state index in [0.717, 1.165) is 46.3 Å². The van der Waals surface area contributed by atoms with Crippen molar-refractivity contribution in [3.8, 4) is 0 Å². The maximum atomic E-state index is 13.4. The number of piperidine rings is 1. The zero-order valence-corrected chi connectivity index (χ0v) is 19.3. The number of carbonyl (C=O) groups excluding carboxylic acids is 2. The molecular formula is C24H32N2O4S. The Hall–Kier alpha value is -1.96. The number of thiophene rings is 1. The molecule has 6 nitrogen and oxygen atoms in total. The maximum absolute atomic E-state index is 13.4. The summed E-state index contributed by atoms with van der Waals surface area (Å²) in [6.45, 7) is 7.22. The van der Waals surface area contributed by atoms with Gasteiger partial charge in [0.15, 0.2) is 0 Å². The highest BCUT2D eigenvalue weighted by atomic mass is 32.1. The molecule has 0 bridgehead atoms. The monoisotopic (exact) mass is 444 g/mol. The SMILES string of the molecule is CC(C)OCC(=O)N1CCCC[C@H]1Cc1c(C(=O)N2CCOCC2)sc2ccccc12. The van der Waals surface area contributed by atoms with Crippen LogP contribution in [0.4, 0.5) is 0 Å². The topological polar surface area (TPSA) is 59.1 Å². The molecule has 0 radical (unpaired) electrons. The predicted octanol–water partition coefficient (Wildman–Crippen LogP) is 3.72. The molecule has 1 aromatic heterocycles. The van der Waals surface area contributed by atoms with Gasteiger partial charge in [0.1, 0.15) is 6.61 Å². The van der Waals surface area contributed by atoms with Crippen LogP contribution in [0.15, 0.2) is 24.3 Å². The molecule has 2 fully saturated rings. The maximum Gasteiger partial charge on any atom is 0.264 e. The van der Waals surface area contributed by atoms with E-state index in [1.54, 1.807) is 11.3 Å². The number of carbonyl (C=O) groups is 2. The van der Waals surface area contributed by atoms with Crippen LogP contribution in [0.25, 0.3) is 10.1 Å². The number of morpholine rings is 1. The third-order valence-corrected chi connectivity index (χ3v) is 7.32. The third-order valence-electron chi connectivity index (χ3n) is 6.12. The molecular weight excluding hydrogens is 412 g/mol. The van der Waals surface area contributed by atoms with Crippen molar-refractivity contribution in [2.75, 3.05) is 39.5 Å². The summed E-state index contributed by atoms with van der Waals surface area (Å²) in [4.78, 5) is 31.0. The van der Waals surface area contributed by atoms with Gasteiger partial charge >= 0.3 is 0 Å². The second kappa shape index (κ2) is 10.1. The van der Waals surface area contributed by atoms with Gasteiger partial charge < -0.3 is 19.3 Å². The van der Waals surface area contributed by atoms with Gasteiger partial charge in [0.25, 0.3) is 5.91 Å². The number of hydrogen-bond donors (Lipinski definition) is 0. The lowest BCUT2D eigenvalue weighted by molar-refractivity contribution is -0.141. The lowest BCUT2D eigenvalue weighted by Crippen LogP contribution is -2.47. The highest BCUT2D eigenvalue weighted by Crippen LogP contribution is 2.35. The Bertz CT molecular complexity index is 919. The number of benzene rings is 1. The van der Waals surface area contributed by atoms with Crippen molar-refractivity contribution in [1.29, 1.82) is 0 Å². The fourth-order valence-corrected chi connectivity index (χ4v) is 5.68. The number of rotatable bonds is 6. The zero-order chi connectivity index (χ0) is 21.8. The molecule has 0 aliphatic carbocycles. The number of amides is 2. The Labute approximate surface area is 188 Å². The summed E-state index contributed by atoms with van der Waals surface area (Å²) in [6, 6.07) is 8.34. The lowest BCUT2D eigenvalue weighted by atomic mass is 9.93. The normalized spacial score (nSPS) is 19.9. The Balaban J connectivity index is 1.61. The van der Waals surface area contributed by atoms with Crippen LogP contribution in [0.3, 0.4) is 0 Å². The lowest BCUT2D eigenvalue weighted by Gasteiger charge is -2.36. The first-order chi connectivity index (χ1) is 15.0. The summed E-state index contributed by atoms with van der Waals surface area (Å²) < 4.78 is 12.2. The molecule has 1 aromatic carbocycles. The number of hydrogen-bond acceptors (Lipinski definition) is 5. The fraction of sp³-hybridized carbons (Fsp3) is 0.583. The van der Waals surface area contributed by atoms with Gasteiger partial charge in [0, 0.05) is 30.4 Å². The van der Waals surface area contributed by atoms with Gasteiger partial charge in [-0.2, -0.15) is 0 Å². The first-order valence-electron chi connectivity index (χ1n) is 11.3. The standard InChI is InChI=1S/C24H32N2O4S/c1-17(2)30-16-22(27)26-10-6-5-7-18(26)15-20-19-8-3-4-9-21(19)31-23(20)24(28)25-11-13-29-14-12-25/h3-4,8-9,17-18H,5-7,10-16H2,1-2H3/t18-/m0/s1. The summed E-state index contributed by atoms with van der Waals surface area (Å²) >= 11 is 1.58. The average molecular weight is 445 g/mol. The molecule has 2 aliphatic rings. The van der Waals surface area contributed by atoms with Gasteiger partial charge in [-0.1, -0.05) is 18.2 Å². The summed E-state index contributed by atoms with van der Waals surface area (Å²) in [5.74, 6) is 0.148. The first kappa shape index (κ1) is 22.2. The molecule has 168 valence electrons. The number of fused-ring (bicyclic) bond motifs is 1. The minimum absolute atomic E-state index is 0.0331. The van der Waals surface area contributed by atoms with E-state index in [0.29, 0.717) is 32.7 Å². The second-order valence-electron chi connectivity index (χ2n) is 8.61. The quantitative estimate of drug-likeness (QED) is 0.681. The highest BCUT2D eigenvalue weighted by molar-refractivity contribution is 7.21. The van der Waals surface area contributed by atoms with Gasteiger partial charge in [-0.15, -0.1) is 11.3 Å². The van der Waals surface area contributed by atoms with Gasteiger partial charge in [0.2, 0.25) is 5.91 Å². The van der Waals surface area contributed by atoms with E-state index >= 15 is 0 Å². The van der Waals surface area contributed by atoms with E-state index in [1.807, 2.05) is 35.8 Å². The molecule has 2 aliphatic heterocycles. The molecule has 4 rings (SSSR count). The third kappa shape index (κ3) is 5.10. The molecule has 0 spiro atoms. The first-order valence-corrected chi connectivity index (χ1v) is 12.1. The molecule has 2 saturated heterocycles. The van der Waals surface area contributed by atoms with E-state index < -0.39 is 0 Å². The van der Waals surface area contributed by atoms with Crippen LogP contribution in [0.5, 0.6) is 0 Å². The molecule has 3 heterocycles. The minimum atomic E-state index is 0.0331. The Morgan fingerprint density at radius 3 is 2.71 bits per heavy atom. The number of likely N-dealkylation sites (tertiary alicyclic amines) is 1. The Kier molecular flexibility index (Phi) is 7.25. The van der Waals surface area contributed by atoms with Crippen LogP contribution in [0.1, 0.15) is 48.3 Å². The zero-order valence-electron chi connectivity index (χ0n) is 18.5. The van der Waals surface area contributed by atoms with E-state index in [2.05, 4.69) is 12.1 Å². The molecule has 0 N–H and O–H groups in total. The molecule has 0 unspecified atom stereocenters. The summed E-state index contributed by atoms with van der Waals surface area (Å²) in [5.41, 5.74) is 1.09. The van der Waals surface area contributed by atoms with Crippen LogP contribution in [0.2, 0.25) is 0 Å². The van der Waals surface area contributed by atoms with E-state index in [4.69, 9.17) is 9.47 Å². The van der Waals surface area contributed by atoms with Crippen molar-refractivity contribution in [3.05, 3.63) is 34.7 Å². The van der Waals surface area contributed by atoms with Crippen LogP contribution in [-0.2, 0) is 20.7 Å². The van der Waals surface area contributed by atoms with Gasteiger partial charge in [-0.05, 0) is 56.5 Å². The number of ether oxygens (including phenoxy) is 2. The molecule has 31 heavy (non-hydrogen) atoms. The highest BCUT2D eigenvalue weighted by Gasteiger charge is 2.31. The van der Waals surface area contributed by atoms with Crippen molar-refractivity contribution in [1.82, 2.24) is 9.80 Å². The van der Waals surface area contributed by atoms with Crippen molar-refractivity contribution >= 4 is 33.2 Å². The summed E-state index contributed by atoms with van der Waals surface area (Å²) in [6.07, 6.45) is 3.83. The second-order valence-corrected chi connectivity index (χ2v) is 9.66. The van der Waals surface area contributed by atoms with Gasteiger partial charge in [0.05, 0.1) is 24.2 Å². The van der Waals surface area contributed by atoms with Crippen molar-refractivity contribution in [3.63, 3.8) is 0 Å². The van der Waals surface area contributed by atoms with E-state index in [-0.39, 0.29) is 30.6 Å². The van der Waals surface area contributed by atoms with Crippen molar-refractivity contribution in [2.45, 2.75) is 51.7 Å². The van der Waals surface area contributed by atoms with Crippen LogP contribution in [-0.4, -0.2) is 73.2 Å². The summed E-state index contributed by atoms with van der Waals surface area (Å²) in [5, 5.41) is 1.14. The van der Waals surface area contributed by atoms with E-state index in [1.165, 1.54) is 0 Å². The minimum Gasteiger partial charge on any atom is -0.378 e. The smallest absolute Gasteiger partial charge is 0.264 e. The molecule has 0 saturated carbocycles. The summed E-state index contributed by atoms with van der Waals surface area (Å²) in [7, 11) is 0. The molecule has 7 heteroatoms. The van der Waals surface area contributed by atoms with E-state index in [9.17, 15) is 9.59 Å². The van der Waals surface area contributed by atoms with Crippen molar-refractivity contribution < 1.29 is 19.1 Å². The van der Waals surface area contributed by atoms with Crippen LogP contribution < -0.4 is 0 Å². The van der Waals surface area contributed by atoms with Gasteiger partial charge in [-0.25, -0.2) is 0 Å². The fourth-order valence-electron chi connectivity index (χ4n) is 4.48. The van der Waals surface area contributed by atoms with Crippen LogP contribution in [0, 0.1) is 0 Å². The molecule has 2 amide bonds. The predicted molar refractivity (Wildman–Crippen MR) is 123 cm³/mol. The Morgan fingerprint density at radius 2 is 1.94 bits per heavy atom.